The highest BCUT2D eigenvalue weighted by Crippen LogP contribution is 2.33. The molecule has 3 aromatic heterocycles. The van der Waals surface area contributed by atoms with E-state index >= 15 is 0 Å². The molecule has 0 saturated carbocycles. The molecule has 2 unspecified atom stereocenters. The monoisotopic (exact) mass is 922 g/mol. The fourth-order valence-electron chi connectivity index (χ4n) is 8.51. The summed E-state index contributed by atoms with van der Waals surface area (Å²) < 4.78 is 14.5. The Bertz CT molecular complexity index is 3290. The summed E-state index contributed by atoms with van der Waals surface area (Å²) in [5, 5.41) is 19.6. The lowest BCUT2D eigenvalue weighted by atomic mass is 9.94. The average Bonchev–Trinajstić information content (AvgIpc) is 4.16. The molecule has 16 heteroatoms. The van der Waals surface area contributed by atoms with E-state index < -0.39 is 5.25 Å². The summed E-state index contributed by atoms with van der Waals surface area (Å²) in [6.45, 7) is 4.35. The Morgan fingerprint density at radius 1 is 0.853 bits per heavy atom. The Labute approximate surface area is 395 Å². The zero-order chi connectivity index (χ0) is 46.7. The number of aromatic nitrogens is 8. The number of thioether (sulfide) groups is 1. The van der Waals surface area contributed by atoms with Gasteiger partial charge < -0.3 is 24.3 Å². The second kappa shape index (κ2) is 19.0. The molecule has 4 heterocycles. The molecule has 4 N–H and O–H groups in total. The van der Waals surface area contributed by atoms with Crippen molar-refractivity contribution in [3.63, 3.8) is 0 Å². The van der Waals surface area contributed by atoms with Gasteiger partial charge in [-0.1, -0.05) is 91.5 Å². The van der Waals surface area contributed by atoms with E-state index in [0.29, 0.717) is 41.5 Å². The molecule has 6 aromatic carbocycles. The number of aryl methyl sites for hydroxylation is 3. The summed E-state index contributed by atoms with van der Waals surface area (Å²) in [6, 6.07) is 40.8. The standard InChI is InChI=1S/C52H46N10O5S/c1-4-7-46-53-43-27-35(24-30(2)48(43)56-46)50(63)55-42(25-31-10-14-33(15-11-31)39-8-5-6-9-40(39)49-58-60-61-59-49)34-16-20-37(21-17-34)67-38-22-23-41-44(28-38)62(3)47(54-41)29-66-36-18-12-32(13-19-36)26-45-51(64)57-52(65)68-45/h5-6,8-24,27-28,42,45H,4,7,25-26,29H2,1-3H3,(H,53,56)(H,55,63)(H,57,64,65)(H,58,59,60,61). The van der Waals surface area contributed by atoms with Crippen LogP contribution >= 0.6 is 11.8 Å². The number of hydrogen-bond donors (Lipinski definition) is 4. The Morgan fingerprint density at radius 2 is 1.60 bits per heavy atom. The zero-order valence-corrected chi connectivity index (χ0v) is 38.3. The molecule has 68 heavy (non-hydrogen) atoms. The van der Waals surface area contributed by atoms with Gasteiger partial charge in [-0.3, -0.25) is 19.7 Å². The average molecular weight is 923 g/mol. The summed E-state index contributed by atoms with van der Waals surface area (Å²) >= 11 is 1.02. The molecule has 340 valence electrons. The van der Waals surface area contributed by atoms with Crippen LogP contribution in [0.15, 0.2) is 127 Å². The molecule has 1 aliphatic rings. The Kier molecular flexibility index (Phi) is 12.2. The highest BCUT2D eigenvalue weighted by atomic mass is 32.2. The van der Waals surface area contributed by atoms with Crippen molar-refractivity contribution >= 4 is 50.9 Å². The highest BCUT2D eigenvalue weighted by Gasteiger charge is 2.31. The predicted octanol–water partition coefficient (Wildman–Crippen LogP) is 9.54. The number of carbonyl (C=O) groups excluding carboxylic acids is 3. The second-order valence-electron chi connectivity index (χ2n) is 16.8. The molecule has 0 aliphatic carbocycles. The van der Waals surface area contributed by atoms with E-state index in [1.165, 1.54) is 0 Å². The first-order chi connectivity index (χ1) is 33.1. The molecular formula is C52H46N10O5S. The van der Waals surface area contributed by atoms with Crippen LogP contribution in [0.2, 0.25) is 0 Å². The van der Waals surface area contributed by atoms with Crippen LogP contribution in [0.3, 0.4) is 0 Å². The normalized spacial score (nSPS) is 14.1. The first-order valence-corrected chi connectivity index (χ1v) is 23.2. The van der Waals surface area contributed by atoms with E-state index in [4.69, 9.17) is 19.4 Å². The van der Waals surface area contributed by atoms with Crippen molar-refractivity contribution in [1.82, 2.24) is 50.8 Å². The van der Waals surface area contributed by atoms with Crippen molar-refractivity contribution in [2.75, 3.05) is 0 Å². The number of nitrogens with one attached hydrogen (secondary N) is 4. The molecule has 2 atom stereocenters. The molecule has 1 aliphatic heterocycles. The van der Waals surface area contributed by atoms with Crippen LogP contribution < -0.4 is 20.1 Å². The lowest BCUT2D eigenvalue weighted by Crippen LogP contribution is -2.30. The minimum absolute atomic E-state index is 0.185. The third-order valence-corrected chi connectivity index (χ3v) is 13.0. The first-order valence-electron chi connectivity index (χ1n) is 22.3. The number of imide groups is 1. The van der Waals surface area contributed by atoms with E-state index in [9.17, 15) is 14.4 Å². The molecule has 1 saturated heterocycles. The van der Waals surface area contributed by atoms with Gasteiger partial charge in [0.1, 0.15) is 35.5 Å². The first kappa shape index (κ1) is 43.8. The number of H-pyrrole nitrogens is 2. The van der Waals surface area contributed by atoms with Gasteiger partial charge in [-0.15, -0.1) is 10.2 Å². The van der Waals surface area contributed by atoms with Crippen LogP contribution in [0, 0.1) is 6.92 Å². The molecule has 9 aromatic rings. The second-order valence-corrected chi connectivity index (χ2v) is 17.9. The maximum absolute atomic E-state index is 14.2. The molecule has 1 fully saturated rings. The van der Waals surface area contributed by atoms with Gasteiger partial charge in [-0.2, -0.15) is 5.21 Å². The number of amides is 3. The minimum atomic E-state index is -0.421. The van der Waals surface area contributed by atoms with Gasteiger partial charge in [-0.05, 0) is 113 Å². The molecule has 0 radical (unpaired) electrons. The van der Waals surface area contributed by atoms with Gasteiger partial charge in [0.05, 0.1) is 33.4 Å². The van der Waals surface area contributed by atoms with Crippen molar-refractivity contribution < 1.29 is 23.9 Å². The van der Waals surface area contributed by atoms with Crippen molar-refractivity contribution in [2.45, 2.75) is 57.4 Å². The third-order valence-electron chi connectivity index (χ3n) is 12.0. The number of hydrogen-bond acceptors (Lipinski definition) is 11. The predicted molar refractivity (Wildman–Crippen MR) is 260 cm³/mol. The van der Waals surface area contributed by atoms with Crippen molar-refractivity contribution in [3.8, 4) is 39.8 Å². The Morgan fingerprint density at radius 3 is 2.34 bits per heavy atom. The number of carbonyl (C=O) groups is 3. The number of imidazole rings is 2. The number of aromatic amines is 2. The van der Waals surface area contributed by atoms with Gasteiger partial charge in [0.2, 0.25) is 11.7 Å². The van der Waals surface area contributed by atoms with E-state index in [0.717, 1.165) is 97.3 Å². The van der Waals surface area contributed by atoms with Gasteiger partial charge in [0.15, 0.2) is 0 Å². The molecule has 10 rings (SSSR count). The number of rotatable bonds is 16. The maximum atomic E-state index is 14.2. The van der Waals surface area contributed by atoms with Gasteiger partial charge in [0.25, 0.3) is 11.1 Å². The summed E-state index contributed by atoms with van der Waals surface area (Å²) in [6.07, 6.45) is 2.80. The lowest BCUT2D eigenvalue weighted by Gasteiger charge is -2.21. The van der Waals surface area contributed by atoms with Crippen LogP contribution in [0.25, 0.3) is 44.6 Å². The van der Waals surface area contributed by atoms with Gasteiger partial charge in [0, 0.05) is 30.7 Å². The summed E-state index contributed by atoms with van der Waals surface area (Å²) in [5.41, 5.74) is 10.7. The van der Waals surface area contributed by atoms with Crippen LogP contribution in [-0.2, 0) is 37.7 Å². The van der Waals surface area contributed by atoms with Crippen molar-refractivity contribution in [1.29, 1.82) is 0 Å². The number of tetrazole rings is 1. The summed E-state index contributed by atoms with van der Waals surface area (Å²) in [5.74, 6) is 3.68. The van der Waals surface area contributed by atoms with Crippen LogP contribution in [0.5, 0.6) is 17.2 Å². The van der Waals surface area contributed by atoms with Crippen molar-refractivity contribution in [3.05, 3.63) is 167 Å². The smallest absolute Gasteiger partial charge is 0.286 e. The topological polar surface area (TPSA) is 195 Å². The number of nitrogens with zero attached hydrogens (tertiary/aromatic N) is 6. The van der Waals surface area contributed by atoms with E-state index in [1.807, 2.05) is 122 Å². The lowest BCUT2D eigenvalue weighted by molar-refractivity contribution is -0.118. The highest BCUT2D eigenvalue weighted by molar-refractivity contribution is 8.15. The van der Waals surface area contributed by atoms with Crippen LogP contribution in [0.4, 0.5) is 4.79 Å². The minimum Gasteiger partial charge on any atom is -0.486 e. The van der Waals surface area contributed by atoms with Gasteiger partial charge in [-0.25, -0.2) is 9.97 Å². The molecule has 0 spiro atoms. The van der Waals surface area contributed by atoms with Crippen LogP contribution in [0.1, 0.15) is 63.6 Å². The number of ether oxygens (including phenoxy) is 2. The van der Waals surface area contributed by atoms with Crippen LogP contribution in [-0.4, -0.2) is 62.4 Å². The van der Waals surface area contributed by atoms with Crippen molar-refractivity contribution in [2.24, 2.45) is 7.05 Å². The Hall–Kier alpha value is -8.11. The molecule has 3 amide bonds. The Balaban J connectivity index is 0.850. The SMILES string of the molecule is CCCc1nc2c(C)cc(C(=O)NC(Cc3ccc(-c4ccccc4-c4nn[nH]n4)cc3)c3ccc(Oc4ccc5nc(COc6ccc(CC7SC(=O)NC7=O)cc6)n(C)c5c4)cc3)cc2[nH]1. The summed E-state index contributed by atoms with van der Waals surface area (Å²) in [4.78, 5) is 50.7. The number of benzene rings is 6. The largest absolute Gasteiger partial charge is 0.486 e. The zero-order valence-electron chi connectivity index (χ0n) is 37.4. The molecular weight excluding hydrogens is 877 g/mol. The maximum Gasteiger partial charge on any atom is 0.286 e. The summed E-state index contributed by atoms with van der Waals surface area (Å²) in [7, 11) is 1.94. The molecule has 0 bridgehead atoms. The van der Waals surface area contributed by atoms with E-state index in [-0.39, 0.29) is 29.7 Å². The fourth-order valence-corrected chi connectivity index (χ4v) is 9.37. The van der Waals surface area contributed by atoms with Gasteiger partial charge >= 0.3 is 0 Å². The molecule has 15 nitrogen and oxygen atoms in total. The fraction of sp³-hybridized carbons (Fsp3) is 0.192. The van der Waals surface area contributed by atoms with E-state index in [1.54, 1.807) is 0 Å². The third kappa shape index (κ3) is 9.44. The number of fused-ring (bicyclic) bond motifs is 2. The quantitative estimate of drug-likeness (QED) is 0.0721. The van der Waals surface area contributed by atoms with E-state index in [2.05, 4.69) is 67.4 Å².